The van der Waals surface area contributed by atoms with Gasteiger partial charge in [0, 0.05) is 29.1 Å². The fourth-order valence-corrected chi connectivity index (χ4v) is 4.07. The van der Waals surface area contributed by atoms with Crippen LogP contribution in [0, 0.1) is 0 Å². The van der Waals surface area contributed by atoms with Gasteiger partial charge in [-0.2, -0.15) is 0 Å². The summed E-state index contributed by atoms with van der Waals surface area (Å²) < 4.78 is 6.88. The predicted molar refractivity (Wildman–Crippen MR) is 112 cm³/mol. The summed E-state index contributed by atoms with van der Waals surface area (Å²) in [5.41, 5.74) is 2.40. The highest BCUT2D eigenvalue weighted by molar-refractivity contribution is 6.35. The Morgan fingerprint density at radius 1 is 1.13 bits per heavy atom. The minimum Gasteiger partial charge on any atom is -0.461 e. The predicted octanol–water partition coefficient (Wildman–Crippen LogP) is 3.40. The molecule has 0 aliphatic carbocycles. The van der Waals surface area contributed by atoms with Crippen LogP contribution in [0.4, 0.5) is 0 Å². The number of halogens is 1. The molecular formula is C22H19ClN2O5. The maximum atomic E-state index is 12.7. The second-order valence-corrected chi connectivity index (χ2v) is 7.26. The molecule has 1 aromatic heterocycles. The second-order valence-electron chi connectivity index (χ2n) is 6.85. The van der Waals surface area contributed by atoms with Gasteiger partial charge in [0.2, 0.25) is 0 Å². The molecule has 2 heterocycles. The molecule has 8 heteroatoms. The summed E-state index contributed by atoms with van der Waals surface area (Å²) in [6.07, 6.45) is 0.403. The fraction of sp³-hybridized carbons (Fsp3) is 0.227. The molecule has 30 heavy (non-hydrogen) atoms. The Morgan fingerprint density at radius 3 is 2.57 bits per heavy atom. The summed E-state index contributed by atoms with van der Waals surface area (Å²) in [4.78, 5) is 37.8. The normalized spacial score (nSPS) is 12.9. The van der Waals surface area contributed by atoms with Crippen molar-refractivity contribution in [1.29, 1.82) is 0 Å². The highest BCUT2D eigenvalue weighted by Crippen LogP contribution is 2.39. The van der Waals surface area contributed by atoms with Gasteiger partial charge in [-0.15, -0.1) is 0 Å². The van der Waals surface area contributed by atoms with Crippen molar-refractivity contribution < 1.29 is 24.2 Å². The number of hydrogen-bond donors (Lipinski definition) is 2. The number of nitrogens with one attached hydrogen (secondary N) is 1. The molecule has 154 valence electrons. The van der Waals surface area contributed by atoms with E-state index in [1.165, 1.54) is 0 Å². The van der Waals surface area contributed by atoms with Crippen LogP contribution in [0.5, 0.6) is 0 Å². The zero-order valence-electron chi connectivity index (χ0n) is 16.2. The first-order valence-corrected chi connectivity index (χ1v) is 9.94. The largest absolute Gasteiger partial charge is 0.461 e. The Balaban J connectivity index is 2.08. The number of hydrogen-bond acceptors (Lipinski definition) is 5. The van der Waals surface area contributed by atoms with Crippen molar-refractivity contribution in [2.75, 3.05) is 13.2 Å². The monoisotopic (exact) mass is 426 g/mol. The third-order valence-electron chi connectivity index (χ3n) is 5.08. The minimum absolute atomic E-state index is 0.0662. The Labute approximate surface area is 177 Å². The number of aliphatic hydroxyl groups is 1. The lowest BCUT2D eigenvalue weighted by Crippen LogP contribution is -2.20. The zero-order valence-corrected chi connectivity index (χ0v) is 17.0. The molecule has 0 saturated heterocycles. The molecule has 7 nitrogen and oxygen atoms in total. The van der Waals surface area contributed by atoms with Gasteiger partial charge in [-0.05, 0) is 37.1 Å². The fourth-order valence-electron chi connectivity index (χ4n) is 3.83. The van der Waals surface area contributed by atoms with Crippen molar-refractivity contribution in [1.82, 2.24) is 9.88 Å². The number of benzene rings is 2. The van der Waals surface area contributed by atoms with Crippen LogP contribution in [0.25, 0.3) is 22.0 Å². The molecule has 3 aromatic rings. The van der Waals surface area contributed by atoms with Crippen LogP contribution in [0.3, 0.4) is 0 Å². The molecule has 2 N–H and O–H groups in total. The lowest BCUT2D eigenvalue weighted by atomic mass is 9.94. The van der Waals surface area contributed by atoms with Gasteiger partial charge in [-0.1, -0.05) is 29.8 Å². The summed E-state index contributed by atoms with van der Waals surface area (Å²) in [5, 5.41) is 12.6. The molecule has 1 aliphatic heterocycles. The molecule has 1 aliphatic rings. The average Bonchev–Trinajstić information content (AvgIpc) is 3.23. The molecule has 4 rings (SSSR count). The van der Waals surface area contributed by atoms with E-state index in [4.69, 9.17) is 16.3 Å². The van der Waals surface area contributed by atoms with E-state index >= 15 is 0 Å². The van der Waals surface area contributed by atoms with Crippen LogP contribution in [0.2, 0.25) is 5.02 Å². The van der Waals surface area contributed by atoms with Crippen LogP contribution in [-0.2, 0) is 11.3 Å². The molecule has 0 spiro atoms. The van der Waals surface area contributed by atoms with Crippen LogP contribution < -0.4 is 5.32 Å². The van der Waals surface area contributed by atoms with E-state index in [0.29, 0.717) is 40.0 Å². The highest BCUT2D eigenvalue weighted by Gasteiger charge is 2.34. The Bertz CT molecular complexity index is 1200. The number of aryl methyl sites for hydroxylation is 1. The van der Waals surface area contributed by atoms with Crippen molar-refractivity contribution in [3.63, 3.8) is 0 Å². The topological polar surface area (TPSA) is 97.6 Å². The van der Waals surface area contributed by atoms with Gasteiger partial charge in [0.15, 0.2) is 0 Å². The number of aliphatic hydroxyl groups excluding tert-OH is 1. The zero-order chi connectivity index (χ0) is 21.4. The Kier molecular flexibility index (Phi) is 5.32. The number of imide groups is 1. The standard InChI is InChI=1S/C22H19ClN2O5/c1-2-30-22(29)17-11-14-16(25(17)8-5-9-26)10-13(12-6-3-4-7-15(12)23)18-19(14)21(28)24-20(18)27/h3-4,6-7,10-11,26H,2,5,8-9H2,1H3,(H,24,27,28). The number of fused-ring (bicyclic) bond motifs is 3. The van der Waals surface area contributed by atoms with Gasteiger partial charge in [-0.25, -0.2) is 4.79 Å². The van der Waals surface area contributed by atoms with E-state index in [1.807, 2.05) is 0 Å². The second kappa shape index (κ2) is 7.93. The summed E-state index contributed by atoms with van der Waals surface area (Å²) >= 11 is 6.39. The van der Waals surface area contributed by atoms with Crippen LogP contribution >= 0.6 is 11.6 Å². The van der Waals surface area contributed by atoms with Crippen LogP contribution in [0.15, 0.2) is 36.4 Å². The van der Waals surface area contributed by atoms with Gasteiger partial charge in [-0.3, -0.25) is 14.9 Å². The van der Waals surface area contributed by atoms with E-state index in [1.54, 1.807) is 47.9 Å². The first kappa shape index (κ1) is 20.1. The minimum atomic E-state index is -0.538. The maximum absolute atomic E-state index is 12.7. The van der Waals surface area contributed by atoms with Crippen LogP contribution in [-0.4, -0.2) is 40.7 Å². The molecule has 0 bridgehead atoms. The van der Waals surface area contributed by atoms with Gasteiger partial charge < -0.3 is 14.4 Å². The van der Waals surface area contributed by atoms with Crippen LogP contribution in [0.1, 0.15) is 44.5 Å². The number of amides is 2. The first-order chi connectivity index (χ1) is 14.5. The van der Waals surface area contributed by atoms with Gasteiger partial charge >= 0.3 is 5.97 Å². The SMILES string of the molecule is CCOC(=O)c1cc2c3c(c(-c4ccccc4Cl)cc2n1CCCO)C(=O)NC3=O. The third kappa shape index (κ3) is 3.16. The third-order valence-corrected chi connectivity index (χ3v) is 5.41. The summed E-state index contributed by atoms with van der Waals surface area (Å²) in [6.45, 7) is 2.17. The van der Waals surface area contributed by atoms with Crippen molar-refractivity contribution in [3.8, 4) is 11.1 Å². The van der Waals surface area contributed by atoms with E-state index in [2.05, 4.69) is 5.32 Å². The van der Waals surface area contributed by atoms with E-state index in [0.717, 1.165) is 0 Å². The number of esters is 1. The van der Waals surface area contributed by atoms with Crippen molar-refractivity contribution in [2.45, 2.75) is 19.9 Å². The Hall–Kier alpha value is -3.16. The lowest BCUT2D eigenvalue weighted by Gasteiger charge is -2.13. The molecule has 2 amide bonds. The number of rotatable bonds is 6. The lowest BCUT2D eigenvalue weighted by molar-refractivity contribution is 0.0513. The highest BCUT2D eigenvalue weighted by atomic mass is 35.5. The van der Waals surface area contributed by atoms with E-state index in [-0.39, 0.29) is 30.0 Å². The smallest absolute Gasteiger partial charge is 0.354 e. The molecule has 2 aromatic carbocycles. The molecule has 0 fully saturated rings. The molecular weight excluding hydrogens is 408 g/mol. The number of aromatic nitrogens is 1. The average molecular weight is 427 g/mol. The molecule has 0 saturated carbocycles. The summed E-state index contributed by atoms with van der Waals surface area (Å²) in [7, 11) is 0. The summed E-state index contributed by atoms with van der Waals surface area (Å²) in [6, 6.07) is 10.4. The number of carbonyl (C=O) groups is 3. The first-order valence-electron chi connectivity index (χ1n) is 9.56. The van der Waals surface area contributed by atoms with Crippen molar-refractivity contribution in [2.24, 2.45) is 0 Å². The molecule has 0 radical (unpaired) electrons. The number of ether oxygens (including phenoxy) is 1. The van der Waals surface area contributed by atoms with Gasteiger partial charge in [0.1, 0.15) is 5.69 Å². The molecule has 0 atom stereocenters. The number of carbonyl (C=O) groups excluding carboxylic acids is 3. The van der Waals surface area contributed by atoms with Crippen molar-refractivity contribution >= 4 is 40.3 Å². The van der Waals surface area contributed by atoms with E-state index in [9.17, 15) is 19.5 Å². The summed E-state index contributed by atoms with van der Waals surface area (Å²) in [5.74, 6) is -1.57. The van der Waals surface area contributed by atoms with Crippen molar-refractivity contribution in [3.05, 3.63) is 58.2 Å². The van der Waals surface area contributed by atoms with Gasteiger partial charge in [0.05, 0.1) is 23.3 Å². The Morgan fingerprint density at radius 2 is 1.87 bits per heavy atom. The van der Waals surface area contributed by atoms with Gasteiger partial charge in [0.25, 0.3) is 11.8 Å². The number of nitrogens with zero attached hydrogens (tertiary/aromatic N) is 1. The molecule has 0 unspecified atom stereocenters. The van der Waals surface area contributed by atoms with E-state index < -0.39 is 17.8 Å². The maximum Gasteiger partial charge on any atom is 0.354 e. The quantitative estimate of drug-likeness (QED) is 0.465.